The summed E-state index contributed by atoms with van der Waals surface area (Å²) in [5.41, 5.74) is 2.72. The van der Waals surface area contributed by atoms with E-state index in [1.807, 2.05) is 36.6 Å². The molecule has 29 heavy (non-hydrogen) atoms. The van der Waals surface area contributed by atoms with E-state index >= 15 is 0 Å². The molecule has 0 aliphatic rings. The van der Waals surface area contributed by atoms with Crippen molar-refractivity contribution in [2.75, 3.05) is 0 Å². The molecule has 2 heterocycles. The fourth-order valence-corrected chi connectivity index (χ4v) is 3.27. The summed E-state index contributed by atoms with van der Waals surface area (Å²) in [7, 11) is 0. The van der Waals surface area contributed by atoms with Gasteiger partial charge in [0.05, 0.1) is 29.4 Å². The van der Waals surface area contributed by atoms with Crippen LogP contribution in [0.15, 0.2) is 54.7 Å². The highest BCUT2D eigenvalue weighted by Gasteiger charge is 2.31. The molecule has 0 bridgehead atoms. The van der Waals surface area contributed by atoms with Crippen molar-refractivity contribution in [3.05, 3.63) is 88.5 Å². The monoisotopic (exact) mass is 401 g/mol. The molecule has 4 nitrogen and oxygen atoms in total. The number of nitrogens with one attached hydrogen (secondary N) is 1. The Morgan fingerprint density at radius 3 is 2.55 bits per heavy atom. The van der Waals surface area contributed by atoms with Crippen LogP contribution in [-0.4, -0.2) is 15.5 Å². The maximum Gasteiger partial charge on any atom is 0.416 e. The lowest BCUT2D eigenvalue weighted by Crippen LogP contribution is -2.27. The van der Waals surface area contributed by atoms with E-state index in [9.17, 15) is 18.0 Å². The van der Waals surface area contributed by atoms with Gasteiger partial charge in [-0.15, -0.1) is 0 Å². The fraction of sp³-hybridized carbons (Fsp3) is 0.273. The highest BCUT2D eigenvalue weighted by atomic mass is 19.4. The second-order valence-corrected chi connectivity index (χ2v) is 7.01. The topological polar surface area (TPSA) is 46.9 Å². The number of benzene rings is 1. The lowest BCUT2D eigenvalue weighted by atomic mass is 10.0. The van der Waals surface area contributed by atoms with Crippen molar-refractivity contribution in [1.82, 2.24) is 14.9 Å². The second-order valence-electron chi connectivity index (χ2n) is 7.01. The minimum Gasteiger partial charge on any atom is -0.345 e. The summed E-state index contributed by atoms with van der Waals surface area (Å²) in [5.74, 6) is -0.324. The molecule has 3 aromatic rings. The molecule has 0 saturated heterocycles. The molecule has 7 heteroatoms. The van der Waals surface area contributed by atoms with Crippen LogP contribution < -0.4 is 5.32 Å². The number of aryl methyl sites for hydroxylation is 1. The molecule has 1 amide bonds. The molecule has 0 fully saturated rings. The van der Waals surface area contributed by atoms with Gasteiger partial charge in [0.25, 0.3) is 5.91 Å². The first-order chi connectivity index (χ1) is 13.7. The number of nitrogens with zero attached hydrogens (tertiary/aromatic N) is 2. The molecular formula is C22H22F3N3O. The minimum atomic E-state index is -4.42. The van der Waals surface area contributed by atoms with Crippen LogP contribution in [0.5, 0.6) is 0 Å². The number of carbonyl (C=O) groups excluding carboxylic acids is 1. The third-order valence-corrected chi connectivity index (χ3v) is 4.93. The van der Waals surface area contributed by atoms with Crippen molar-refractivity contribution in [1.29, 1.82) is 0 Å². The molecule has 0 saturated carbocycles. The Labute approximate surface area is 167 Å². The van der Waals surface area contributed by atoms with E-state index in [2.05, 4.69) is 10.3 Å². The molecule has 2 aromatic heterocycles. The highest BCUT2D eigenvalue weighted by molar-refractivity contribution is 5.96. The van der Waals surface area contributed by atoms with Gasteiger partial charge < -0.3 is 9.88 Å². The Morgan fingerprint density at radius 2 is 1.90 bits per heavy atom. The van der Waals surface area contributed by atoms with Gasteiger partial charge in [-0.05, 0) is 56.7 Å². The van der Waals surface area contributed by atoms with Gasteiger partial charge in [0.1, 0.15) is 0 Å². The number of halogens is 3. The molecule has 3 rings (SSSR count). The van der Waals surface area contributed by atoms with Crippen molar-refractivity contribution in [2.24, 2.45) is 0 Å². The summed E-state index contributed by atoms with van der Waals surface area (Å²) in [6.07, 6.45) is -2.70. The van der Waals surface area contributed by atoms with Crippen LogP contribution >= 0.6 is 0 Å². The van der Waals surface area contributed by atoms with Crippen molar-refractivity contribution >= 4 is 5.91 Å². The number of amides is 1. The van der Waals surface area contributed by atoms with E-state index in [1.54, 1.807) is 25.3 Å². The standard InChI is InChI=1S/C22H22F3N3O/c1-14-11-20(16(3)28(14)13-19-9-4-5-10-26-19)21(29)27-15(2)17-7-6-8-18(12-17)22(23,24)25/h4-12,15H,13H2,1-3H3,(H,27,29). The summed E-state index contributed by atoms with van der Waals surface area (Å²) in [4.78, 5) is 17.1. The van der Waals surface area contributed by atoms with Gasteiger partial charge in [-0.25, -0.2) is 0 Å². The lowest BCUT2D eigenvalue weighted by Gasteiger charge is -2.16. The largest absolute Gasteiger partial charge is 0.416 e. The Kier molecular flexibility index (Phi) is 5.77. The number of carbonyl (C=O) groups is 1. The van der Waals surface area contributed by atoms with Crippen LogP contribution in [0.4, 0.5) is 13.2 Å². The van der Waals surface area contributed by atoms with Crippen molar-refractivity contribution < 1.29 is 18.0 Å². The zero-order chi connectivity index (χ0) is 21.2. The zero-order valence-corrected chi connectivity index (χ0v) is 16.4. The molecule has 0 aliphatic carbocycles. The number of hydrogen-bond acceptors (Lipinski definition) is 2. The highest BCUT2D eigenvalue weighted by Crippen LogP contribution is 2.30. The second kappa shape index (κ2) is 8.11. The first-order valence-electron chi connectivity index (χ1n) is 9.21. The van der Waals surface area contributed by atoms with Crippen LogP contribution in [0.3, 0.4) is 0 Å². The van der Waals surface area contributed by atoms with Gasteiger partial charge >= 0.3 is 6.18 Å². The average molecular weight is 401 g/mol. The zero-order valence-electron chi connectivity index (χ0n) is 16.4. The number of aromatic nitrogens is 2. The quantitative estimate of drug-likeness (QED) is 0.650. The summed E-state index contributed by atoms with van der Waals surface area (Å²) in [5, 5.41) is 2.80. The number of hydrogen-bond donors (Lipinski definition) is 1. The van der Waals surface area contributed by atoms with Gasteiger partial charge in [-0.2, -0.15) is 13.2 Å². The Bertz CT molecular complexity index is 1010. The fourth-order valence-electron chi connectivity index (χ4n) is 3.27. The van der Waals surface area contributed by atoms with Crippen molar-refractivity contribution in [2.45, 2.75) is 39.5 Å². The molecule has 0 aliphatic heterocycles. The van der Waals surface area contributed by atoms with Crippen LogP contribution in [0.25, 0.3) is 0 Å². The smallest absolute Gasteiger partial charge is 0.345 e. The summed E-state index contributed by atoms with van der Waals surface area (Å²) in [6.45, 7) is 5.96. The number of pyridine rings is 1. The van der Waals surface area contributed by atoms with Gasteiger partial charge in [0, 0.05) is 17.6 Å². The lowest BCUT2D eigenvalue weighted by molar-refractivity contribution is -0.137. The predicted octanol–water partition coefficient (Wildman–Crippen LogP) is 5.06. The third-order valence-electron chi connectivity index (χ3n) is 4.93. The molecule has 1 aromatic carbocycles. The maximum absolute atomic E-state index is 12.9. The number of rotatable bonds is 5. The Balaban J connectivity index is 1.78. The van der Waals surface area contributed by atoms with E-state index in [4.69, 9.17) is 0 Å². The van der Waals surface area contributed by atoms with Gasteiger partial charge in [-0.1, -0.05) is 18.2 Å². The van der Waals surface area contributed by atoms with E-state index in [0.717, 1.165) is 29.2 Å². The van der Waals surface area contributed by atoms with Gasteiger partial charge in [0.2, 0.25) is 0 Å². The first kappa shape index (κ1) is 20.6. The van der Waals surface area contributed by atoms with Crippen molar-refractivity contribution in [3.63, 3.8) is 0 Å². The van der Waals surface area contributed by atoms with E-state index in [1.165, 1.54) is 6.07 Å². The molecule has 1 unspecified atom stereocenters. The predicted molar refractivity (Wildman–Crippen MR) is 105 cm³/mol. The summed E-state index contributed by atoms with van der Waals surface area (Å²) >= 11 is 0. The SMILES string of the molecule is Cc1cc(C(=O)NC(C)c2cccc(C(F)(F)F)c2)c(C)n1Cc1ccccn1. The van der Waals surface area contributed by atoms with Crippen molar-refractivity contribution in [3.8, 4) is 0 Å². The molecule has 1 N–H and O–H groups in total. The molecule has 152 valence electrons. The third kappa shape index (κ3) is 4.67. The molecular weight excluding hydrogens is 379 g/mol. The molecule has 0 radical (unpaired) electrons. The summed E-state index contributed by atoms with van der Waals surface area (Å²) in [6, 6.07) is 11.9. The summed E-state index contributed by atoms with van der Waals surface area (Å²) < 4.78 is 40.8. The van der Waals surface area contributed by atoms with E-state index in [-0.39, 0.29) is 5.91 Å². The number of alkyl halides is 3. The van der Waals surface area contributed by atoms with Gasteiger partial charge in [-0.3, -0.25) is 9.78 Å². The maximum atomic E-state index is 12.9. The first-order valence-corrected chi connectivity index (χ1v) is 9.21. The molecule has 0 spiro atoms. The van der Waals surface area contributed by atoms with Crippen LogP contribution in [0.1, 0.15) is 51.5 Å². The molecule has 1 atom stereocenters. The van der Waals surface area contributed by atoms with Crippen LogP contribution in [0.2, 0.25) is 0 Å². The van der Waals surface area contributed by atoms with Crippen LogP contribution in [0, 0.1) is 13.8 Å². The average Bonchev–Trinajstić information content (AvgIpc) is 2.96. The Hall–Kier alpha value is -3.09. The normalized spacial score (nSPS) is 12.6. The van der Waals surface area contributed by atoms with Crippen LogP contribution in [-0.2, 0) is 12.7 Å². The minimum absolute atomic E-state index is 0.324. The van der Waals surface area contributed by atoms with E-state index < -0.39 is 17.8 Å². The Morgan fingerprint density at radius 1 is 1.14 bits per heavy atom. The van der Waals surface area contributed by atoms with E-state index in [0.29, 0.717) is 17.7 Å². The van der Waals surface area contributed by atoms with Gasteiger partial charge in [0.15, 0.2) is 0 Å².